The molecule has 2 saturated heterocycles. The summed E-state index contributed by atoms with van der Waals surface area (Å²) in [5.74, 6) is -0.507. The van der Waals surface area contributed by atoms with E-state index in [2.05, 4.69) is 32.6 Å². The molecule has 3 aliphatic rings. The standard InChI is InChI=1S/C46H80BNO13/c1-15-39-36(25-57-45-30(6)28(4)29(5)33(9)58-45)21-26(2)17-18-37(49)27(3)22-35(23-41(54-13)55-14)43(31(7)38(50)24-40(51)60-39)61-46-32(8)42(48(11)12)44(34(10)59-46)56-20-16-19-47(52)53/h16-19,21,27-36,38-39,41-46,50,52-53H,15,20,22-25H2,1-14H3/b18-17+,19-16+,26-21+/t27-,28-,29+,30-,31+,32-,33-,34-,35-,36-,38-,39-,42-,43-,44-,45-,46+/m1/s1. The van der Waals surface area contributed by atoms with Gasteiger partial charge in [-0.3, -0.25) is 9.59 Å². The Morgan fingerprint density at radius 1 is 0.869 bits per heavy atom. The molecular weight excluding hydrogens is 785 g/mol. The molecule has 0 bridgehead atoms. The van der Waals surface area contributed by atoms with E-state index in [1.165, 1.54) is 5.98 Å². The molecule has 0 amide bonds. The molecule has 0 spiro atoms. The first kappa shape index (κ1) is 53.3. The lowest BCUT2D eigenvalue weighted by Crippen LogP contribution is -2.60. The SMILES string of the molecule is CC[C@H]1OC(=O)C[C@@H](O)[C@H](C)[C@@H](O[C@@H]2O[C@H](C)[C@@H](OC/C=C/B(O)O)[C@H](N(C)C)[C@H]2C)[C@@H](CC(OC)OC)C[C@@H](C)C(=O)/C=C/C(C)=C/[C@@H]1CO[C@@H]1O[C@H](C)[C@@H](C)[C@@H](C)[C@H]1C. The van der Waals surface area contributed by atoms with Gasteiger partial charge in [-0.05, 0) is 71.5 Å². The molecule has 15 heteroatoms. The summed E-state index contributed by atoms with van der Waals surface area (Å²) >= 11 is 0. The third-order valence-electron chi connectivity index (χ3n) is 13.6. The van der Waals surface area contributed by atoms with Crippen LogP contribution >= 0.6 is 0 Å². The molecule has 350 valence electrons. The molecule has 3 aliphatic heterocycles. The Labute approximate surface area is 366 Å². The van der Waals surface area contributed by atoms with Crippen LogP contribution in [0.25, 0.3) is 0 Å². The highest BCUT2D eigenvalue weighted by atomic mass is 16.7. The van der Waals surface area contributed by atoms with E-state index in [1.54, 1.807) is 32.4 Å². The summed E-state index contributed by atoms with van der Waals surface area (Å²) in [6.07, 6.45) is 2.76. The summed E-state index contributed by atoms with van der Waals surface area (Å²) in [5.41, 5.74) is 0.825. The highest BCUT2D eigenvalue weighted by molar-refractivity contribution is 6.47. The van der Waals surface area contributed by atoms with Crippen molar-refractivity contribution in [3.8, 4) is 0 Å². The summed E-state index contributed by atoms with van der Waals surface area (Å²) in [7, 11) is 5.44. The average Bonchev–Trinajstić information content (AvgIpc) is 3.21. The smallest absolute Gasteiger partial charge is 0.462 e. The zero-order valence-corrected chi connectivity index (χ0v) is 39.5. The molecular formula is C46H80BNO13. The number of methoxy groups -OCH3 is 2. The summed E-state index contributed by atoms with van der Waals surface area (Å²) in [6.45, 7) is 20.5. The lowest BCUT2D eigenvalue weighted by molar-refractivity contribution is -0.294. The molecule has 14 nitrogen and oxygen atoms in total. The monoisotopic (exact) mass is 866 g/mol. The summed E-state index contributed by atoms with van der Waals surface area (Å²) in [6, 6.07) is -0.181. The number of aliphatic hydroxyl groups excluding tert-OH is 1. The molecule has 0 aromatic heterocycles. The number of allylic oxidation sites excluding steroid dienone is 3. The van der Waals surface area contributed by atoms with Gasteiger partial charge in [0.2, 0.25) is 0 Å². The molecule has 17 atom stereocenters. The quantitative estimate of drug-likeness (QED) is 0.109. The number of ketones is 1. The fraction of sp³-hybridized carbons (Fsp3) is 0.826. The number of carbonyl (C=O) groups is 2. The molecule has 3 rings (SSSR count). The van der Waals surface area contributed by atoms with E-state index >= 15 is 0 Å². The number of hydrogen-bond acceptors (Lipinski definition) is 14. The second-order valence-electron chi connectivity index (χ2n) is 18.3. The first-order chi connectivity index (χ1) is 28.7. The van der Waals surface area contributed by atoms with Gasteiger partial charge in [-0.25, -0.2) is 0 Å². The van der Waals surface area contributed by atoms with Crippen molar-refractivity contribution in [2.75, 3.05) is 41.5 Å². The Bertz CT molecular complexity index is 1420. The highest BCUT2D eigenvalue weighted by Crippen LogP contribution is 2.39. The number of ether oxygens (including phenoxy) is 8. The van der Waals surface area contributed by atoms with Gasteiger partial charge in [-0.1, -0.05) is 78.2 Å². The Balaban J connectivity index is 2.01. The number of rotatable bonds is 15. The fourth-order valence-corrected chi connectivity index (χ4v) is 9.25. The van der Waals surface area contributed by atoms with E-state index in [4.69, 9.17) is 37.9 Å². The Hall–Kier alpha value is -2.02. The minimum absolute atomic E-state index is 0.0330. The van der Waals surface area contributed by atoms with Crippen molar-refractivity contribution in [2.45, 2.75) is 156 Å². The first-order valence-electron chi connectivity index (χ1n) is 22.5. The van der Waals surface area contributed by atoms with E-state index in [9.17, 15) is 24.7 Å². The van der Waals surface area contributed by atoms with E-state index in [0.29, 0.717) is 31.1 Å². The van der Waals surface area contributed by atoms with E-state index in [1.807, 2.05) is 61.7 Å². The van der Waals surface area contributed by atoms with Gasteiger partial charge in [0.1, 0.15) is 6.10 Å². The molecule has 0 saturated carbocycles. The maximum Gasteiger partial charge on any atom is 0.480 e. The zero-order chi connectivity index (χ0) is 45.7. The minimum Gasteiger partial charge on any atom is -0.462 e. The number of cyclic esters (lactones) is 1. The Morgan fingerprint density at radius 3 is 2.13 bits per heavy atom. The van der Waals surface area contributed by atoms with Crippen LogP contribution in [0.1, 0.15) is 94.9 Å². The van der Waals surface area contributed by atoms with Crippen molar-refractivity contribution in [2.24, 2.45) is 47.3 Å². The summed E-state index contributed by atoms with van der Waals surface area (Å²) in [4.78, 5) is 29.8. The maximum absolute atomic E-state index is 13.9. The van der Waals surface area contributed by atoms with E-state index in [-0.39, 0.29) is 61.4 Å². The Kier molecular flexibility index (Phi) is 22.3. The lowest BCUT2D eigenvalue weighted by atomic mass is 9.79. The van der Waals surface area contributed by atoms with Crippen molar-refractivity contribution in [3.05, 3.63) is 35.9 Å². The summed E-state index contributed by atoms with van der Waals surface area (Å²) in [5, 5.41) is 30.5. The second kappa shape index (κ2) is 25.5. The number of aliphatic hydroxyl groups is 1. The van der Waals surface area contributed by atoms with Gasteiger partial charge < -0.3 is 57.9 Å². The summed E-state index contributed by atoms with van der Waals surface area (Å²) < 4.78 is 50.1. The molecule has 3 heterocycles. The minimum atomic E-state index is -1.58. The van der Waals surface area contributed by atoms with Crippen LogP contribution in [-0.4, -0.2) is 142 Å². The second-order valence-corrected chi connectivity index (χ2v) is 18.3. The predicted octanol–water partition coefficient (Wildman–Crippen LogP) is 5.37. The van der Waals surface area contributed by atoms with Crippen molar-refractivity contribution >= 4 is 18.9 Å². The molecule has 0 aliphatic carbocycles. The molecule has 0 aromatic carbocycles. The van der Waals surface area contributed by atoms with Crippen LogP contribution < -0.4 is 0 Å². The third kappa shape index (κ3) is 15.3. The van der Waals surface area contributed by atoms with E-state index < -0.39 is 74.1 Å². The van der Waals surface area contributed by atoms with Crippen molar-refractivity contribution in [3.63, 3.8) is 0 Å². The Morgan fingerprint density at radius 2 is 1.52 bits per heavy atom. The normalized spacial score (nSPS) is 40.2. The van der Waals surface area contributed by atoms with Crippen LogP contribution in [-0.2, 0) is 47.5 Å². The van der Waals surface area contributed by atoms with Crippen LogP contribution in [0.3, 0.4) is 0 Å². The highest BCUT2D eigenvalue weighted by Gasteiger charge is 2.47. The average molecular weight is 866 g/mol. The van der Waals surface area contributed by atoms with Gasteiger partial charge in [0.25, 0.3) is 0 Å². The maximum atomic E-state index is 13.9. The molecule has 0 aromatic rings. The van der Waals surface area contributed by atoms with Crippen LogP contribution in [0.5, 0.6) is 0 Å². The van der Waals surface area contributed by atoms with Gasteiger partial charge in [-0.15, -0.1) is 0 Å². The van der Waals surface area contributed by atoms with Crippen molar-refractivity contribution < 1.29 is 62.6 Å². The molecule has 3 N–H and O–H groups in total. The zero-order valence-electron chi connectivity index (χ0n) is 39.5. The van der Waals surface area contributed by atoms with Gasteiger partial charge in [-0.2, -0.15) is 0 Å². The molecule has 2 fully saturated rings. The van der Waals surface area contributed by atoms with Crippen LogP contribution in [0.4, 0.5) is 0 Å². The van der Waals surface area contributed by atoms with Gasteiger partial charge in [0.05, 0.1) is 50.2 Å². The number of carbonyl (C=O) groups excluding carboxylic acids is 2. The fourth-order valence-electron chi connectivity index (χ4n) is 9.25. The molecule has 61 heavy (non-hydrogen) atoms. The largest absolute Gasteiger partial charge is 0.480 e. The van der Waals surface area contributed by atoms with Gasteiger partial charge in [0, 0.05) is 56.3 Å². The van der Waals surface area contributed by atoms with Crippen LogP contribution in [0, 0.1) is 47.3 Å². The number of hydrogen-bond donors (Lipinski definition) is 3. The number of likely N-dealkylation sites (N-methyl/N-ethyl adjacent to an activating group) is 1. The van der Waals surface area contributed by atoms with Crippen molar-refractivity contribution in [1.29, 1.82) is 0 Å². The number of esters is 1. The first-order valence-corrected chi connectivity index (χ1v) is 22.5. The number of nitrogens with zero attached hydrogens (tertiary/aromatic N) is 1. The van der Waals surface area contributed by atoms with Crippen molar-refractivity contribution in [1.82, 2.24) is 4.90 Å². The molecule has 0 unspecified atom stereocenters. The third-order valence-corrected chi connectivity index (χ3v) is 13.6. The van der Waals surface area contributed by atoms with Crippen LogP contribution in [0.15, 0.2) is 35.9 Å². The lowest BCUT2D eigenvalue weighted by Gasteiger charge is -2.49. The molecule has 0 radical (unpaired) electrons. The topological polar surface area (TPSA) is 172 Å². The van der Waals surface area contributed by atoms with Gasteiger partial charge in [0.15, 0.2) is 24.7 Å². The van der Waals surface area contributed by atoms with Gasteiger partial charge >= 0.3 is 13.1 Å². The van der Waals surface area contributed by atoms with E-state index in [0.717, 1.165) is 5.57 Å². The van der Waals surface area contributed by atoms with Crippen LogP contribution in [0.2, 0.25) is 0 Å². The predicted molar refractivity (Wildman–Crippen MR) is 234 cm³/mol.